The molecule has 0 amide bonds. The molecule has 0 aromatic heterocycles. The molecule has 2 rings (SSSR count). The van der Waals surface area contributed by atoms with Crippen molar-refractivity contribution in [2.75, 3.05) is 39.4 Å². The molecule has 0 saturated carbocycles. The molecule has 0 atom stereocenters. The first-order valence-corrected chi connectivity index (χ1v) is 8.54. The lowest BCUT2D eigenvalue weighted by atomic mass is 9.79. The third-order valence-electron chi connectivity index (χ3n) is 4.80. The summed E-state index contributed by atoms with van der Waals surface area (Å²) in [6.07, 6.45) is 8.05. The van der Waals surface area contributed by atoms with Crippen LogP contribution in [0.5, 0.6) is 0 Å². The van der Waals surface area contributed by atoms with Gasteiger partial charge in [0.15, 0.2) is 0 Å². The monoisotopic (exact) mass is 282 g/mol. The summed E-state index contributed by atoms with van der Waals surface area (Å²) < 4.78 is 5.62. The summed E-state index contributed by atoms with van der Waals surface area (Å²) >= 11 is 0. The lowest BCUT2D eigenvalue weighted by Gasteiger charge is -2.42. The van der Waals surface area contributed by atoms with E-state index in [1.807, 2.05) is 0 Å². The molecule has 0 aromatic rings. The summed E-state index contributed by atoms with van der Waals surface area (Å²) in [4.78, 5) is 2.72. The van der Waals surface area contributed by atoms with Crippen LogP contribution in [0.4, 0.5) is 0 Å². The lowest BCUT2D eigenvalue weighted by molar-refractivity contribution is -0.00661. The highest BCUT2D eigenvalue weighted by atomic mass is 16.5. The zero-order valence-corrected chi connectivity index (χ0v) is 13.8. The molecule has 2 fully saturated rings. The average molecular weight is 282 g/mol. The van der Waals surface area contributed by atoms with Gasteiger partial charge in [-0.15, -0.1) is 0 Å². The van der Waals surface area contributed by atoms with Crippen LogP contribution in [-0.2, 0) is 4.74 Å². The van der Waals surface area contributed by atoms with Crippen molar-refractivity contribution in [3.8, 4) is 0 Å². The molecule has 2 aliphatic heterocycles. The lowest BCUT2D eigenvalue weighted by Crippen LogP contribution is -2.51. The Morgan fingerprint density at radius 1 is 1.00 bits per heavy atom. The first-order valence-electron chi connectivity index (χ1n) is 8.54. The molecule has 2 saturated heterocycles. The molecule has 0 aliphatic carbocycles. The van der Waals surface area contributed by atoms with Crippen molar-refractivity contribution in [1.82, 2.24) is 10.2 Å². The van der Waals surface area contributed by atoms with Crippen LogP contribution in [0.15, 0.2) is 0 Å². The Bertz CT molecular complexity index is 271. The molecule has 2 aliphatic rings. The normalized spacial score (nSPS) is 25.4. The minimum absolute atomic E-state index is 0.212. The van der Waals surface area contributed by atoms with Crippen molar-refractivity contribution < 1.29 is 4.74 Å². The van der Waals surface area contributed by atoms with Gasteiger partial charge in [0.05, 0.1) is 0 Å². The topological polar surface area (TPSA) is 24.5 Å². The van der Waals surface area contributed by atoms with Crippen LogP contribution in [-0.4, -0.2) is 49.8 Å². The Morgan fingerprint density at radius 2 is 1.60 bits per heavy atom. The molecule has 2 heterocycles. The van der Waals surface area contributed by atoms with Gasteiger partial charge in [0.25, 0.3) is 0 Å². The quantitative estimate of drug-likeness (QED) is 0.858. The Labute approximate surface area is 125 Å². The molecule has 0 radical (unpaired) electrons. The molecule has 3 nitrogen and oxygen atoms in total. The van der Waals surface area contributed by atoms with E-state index in [0.717, 1.165) is 19.8 Å². The van der Waals surface area contributed by atoms with Crippen molar-refractivity contribution in [1.29, 1.82) is 0 Å². The highest BCUT2D eigenvalue weighted by Gasteiger charge is 2.35. The van der Waals surface area contributed by atoms with E-state index < -0.39 is 0 Å². The van der Waals surface area contributed by atoms with Gasteiger partial charge in [0, 0.05) is 31.8 Å². The molecule has 20 heavy (non-hydrogen) atoms. The van der Waals surface area contributed by atoms with Crippen LogP contribution >= 0.6 is 0 Å². The zero-order valence-electron chi connectivity index (χ0n) is 13.8. The minimum atomic E-state index is 0.212. The van der Waals surface area contributed by atoms with Gasteiger partial charge in [0.2, 0.25) is 0 Å². The van der Waals surface area contributed by atoms with Gasteiger partial charge in [0.1, 0.15) is 0 Å². The third-order valence-corrected chi connectivity index (χ3v) is 4.80. The fourth-order valence-corrected chi connectivity index (χ4v) is 3.42. The smallest absolute Gasteiger partial charge is 0.0472 e. The second kappa shape index (κ2) is 7.24. The van der Waals surface area contributed by atoms with Gasteiger partial charge in [-0.1, -0.05) is 12.8 Å². The van der Waals surface area contributed by atoms with E-state index in [4.69, 9.17) is 4.74 Å². The first-order chi connectivity index (χ1) is 9.49. The second-order valence-electron chi connectivity index (χ2n) is 7.91. The minimum Gasteiger partial charge on any atom is -0.381 e. The van der Waals surface area contributed by atoms with Crippen molar-refractivity contribution >= 4 is 0 Å². The van der Waals surface area contributed by atoms with E-state index in [9.17, 15) is 0 Å². The van der Waals surface area contributed by atoms with Crippen LogP contribution in [0.3, 0.4) is 0 Å². The average Bonchev–Trinajstić information content (AvgIpc) is 2.66. The maximum absolute atomic E-state index is 5.62. The predicted octanol–water partition coefficient (Wildman–Crippen LogP) is 3.05. The number of rotatable bonds is 4. The maximum Gasteiger partial charge on any atom is 0.0472 e. The summed E-state index contributed by atoms with van der Waals surface area (Å²) in [6, 6.07) is 0. The molecule has 0 aromatic carbocycles. The Balaban J connectivity index is 1.94. The second-order valence-corrected chi connectivity index (χ2v) is 7.91. The zero-order chi connectivity index (χ0) is 14.5. The number of nitrogens with zero attached hydrogens (tertiary/aromatic N) is 1. The van der Waals surface area contributed by atoms with Crippen molar-refractivity contribution in [3.63, 3.8) is 0 Å². The first kappa shape index (κ1) is 16.3. The molecule has 0 unspecified atom stereocenters. The summed E-state index contributed by atoms with van der Waals surface area (Å²) in [5.74, 6) is 0. The maximum atomic E-state index is 5.62. The van der Waals surface area contributed by atoms with Gasteiger partial charge in [-0.2, -0.15) is 0 Å². The summed E-state index contributed by atoms with van der Waals surface area (Å²) in [7, 11) is 0. The summed E-state index contributed by atoms with van der Waals surface area (Å²) in [5, 5.41) is 3.76. The van der Waals surface area contributed by atoms with Gasteiger partial charge >= 0.3 is 0 Å². The van der Waals surface area contributed by atoms with E-state index in [0.29, 0.717) is 5.41 Å². The third kappa shape index (κ3) is 5.34. The Hall–Kier alpha value is -0.120. The van der Waals surface area contributed by atoms with E-state index in [1.165, 1.54) is 58.2 Å². The number of hydrogen-bond acceptors (Lipinski definition) is 3. The van der Waals surface area contributed by atoms with Crippen LogP contribution < -0.4 is 5.32 Å². The van der Waals surface area contributed by atoms with E-state index in [1.54, 1.807) is 0 Å². The highest BCUT2D eigenvalue weighted by molar-refractivity contribution is 4.89. The van der Waals surface area contributed by atoms with Crippen molar-refractivity contribution in [2.24, 2.45) is 5.41 Å². The number of nitrogens with one attached hydrogen (secondary N) is 1. The van der Waals surface area contributed by atoms with Crippen molar-refractivity contribution in [2.45, 2.75) is 64.8 Å². The molecule has 118 valence electrons. The Kier molecular flexibility index (Phi) is 5.88. The molecular weight excluding hydrogens is 248 g/mol. The van der Waals surface area contributed by atoms with Crippen molar-refractivity contribution in [3.05, 3.63) is 0 Å². The van der Waals surface area contributed by atoms with Crippen LogP contribution in [0, 0.1) is 5.41 Å². The van der Waals surface area contributed by atoms with Crippen LogP contribution in [0.2, 0.25) is 0 Å². The summed E-state index contributed by atoms with van der Waals surface area (Å²) in [5.41, 5.74) is 0.639. The summed E-state index contributed by atoms with van der Waals surface area (Å²) in [6.45, 7) is 13.7. The Morgan fingerprint density at radius 3 is 2.15 bits per heavy atom. The molecular formula is C17H34N2O. The van der Waals surface area contributed by atoms with Gasteiger partial charge in [-0.3, -0.25) is 0 Å². The van der Waals surface area contributed by atoms with Crippen LogP contribution in [0.25, 0.3) is 0 Å². The van der Waals surface area contributed by atoms with E-state index in [-0.39, 0.29) is 5.54 Å². The molecule has 3 heteroatoms. The largest absolute Gasteiger partial charge is 0.381 e. The fourth-order valence-electron chi connectivity index (χ4n) is 3.42. The number of ether oxygens (including phenoxy) is 1. The molecule has 1 N–H and O–H groups in total. The van der Waals surface area contributed by atoms with Gasteiger partial charge in [-0.25, -0.2) is 0 Å². The fraction of sp³-hybridized carbons (Fsp3) is 1.00. The number of hydrogen-bond donors (Lipinski definition) is 1. The standard InChI is InChI=1S/C17H34N2O/c1-16(2,3)18-14-17(8-12-20-13-9-17)15-19-10-6-4-5-7-11-19/h18H,4-15H2,1-3H3. The molecule has 0 spiro atoms. The molecule has 0 bridgehead atoms. The van der Waals surface area contributed by atoms with Gasteiger partial charge in [-0.05, 0) is 65.0 Å². The van der Waals surface area contributed by atoms with E-state index >= 15 is 0 Å². The predicted molar refractivity (Wildman–Crippen MR) is 85.1 cm³/mol. The van der Waals surface area contributed by atoms with E-state index in [2.05, 4.69) is 31.0 Å². The number of likely N-dealkylation sites (tertiary alicyclic amines) is 1. The van der Waals surface area contributed by atoms with Crippen LogP contribution in [0.1, 0.15) is 59.3 Å². The highest BCUT2D eigenvalue weighted by Crippen LogP contribution is 2.32. The van der Waals surface area contributed by atoms with Gasteiger partial charge < -0.3 is 15.0 Å². The SMILES string of the molecule is CC(C)(C)NCC1(CN2CCCCCC2)CCOCC1.